The van der Waals surface area contributed by atoms with E-state index in [-0.39, 0.29) is 0 Å². The summed E-state index contributed by atoms with van der Waals surface area (Å²) in [5, 5.41) is 3.71. The van der Waals surface area contributed by atoms with E-state index < -0.39 is 0 Å². The van der Waals surface area contributed by atoms with Crippen molar-refractivity contribution in [3.63, 3.8) is 0 Å². The minimum absolute atomic E-state index is 0.753. The van der Waals surface area contributed by atoms with Gasteiger partial charge < -0.3 is 10.1 Å². The van der Waals surface area contributed by atoms with Crippen LogP contribution in [0.1, 0.15) is 51.4 Å². The largest absolute Gasteiger partial charge is 0.381 e. The molecule has 1 N–H and O–H groups in total. The van der Waals surface area contributed by atoms with Crippen LogP contribution in [0.15, 0.2) is 0 Å². The lowest BCUT2D eigenvalue weighted by Crippen LogP contribution is -2.48. The molecule has 0 amide bonds. The van der Waals surface area contributed by atoms with Gasteiger partial charge in [-0.1, -0.05) is 6.42 Å². The third kappa shape index (κ3) is 3.46. The summed E-state index contributed by atoms with van der Waals surface area (Å²) in [6.07, 6.45) is 10.9. The lowest BCUT2D eigenvalue weighted by molar-refractivity contribution is 0.118. The molecular weight excluding hydrogens is 224 g/mol. The van der Waals surface area contributed by atoms with Crippen LogP contribution < -0.4 is 5.32 Å². The zero-order chi connectivity index (χ0) is 12.2. The van der Waals surface area contributed by atoms with Crippen molar-refractivity contribution in [2.75, 3.05) is 26.3 Å². The van der Waals surface area contributed by atoms with Crippen molar-refractivity contribution in [2.45, 2.75) is 69.5 Å². The van der Waals surface area contributed by atoms with Gasteiger partial charge >= 0.3 is 0 Å². The maximum Gasteiger partial charge on any atom is 0.0480 e. The Morgan fingerprint density at radius 2 is 1.78 bits per heavy atom. The minimum Gasteiger partial charge on any atom is -0.381 e. The Bertz CT molecular complexity index is 241. The van der Waals surface area contributed by atoms with Crippen LogP contribution >= 0.6 is 0 Å². The second-order valence-electron chi connectivity index (χ2n) is 6.27. The van der Waals surface area contributed by atoms with Crippen LogP contribution in [0.25, 0.3) is 0 Å². The maximum atomic E-state index is 5.62. The molecule has 2 aliphatic heterocycles. The molecule has 3 heteroatoms. The Kier molecular flexibility index (Phi) is 4.55. The second kappa shape index (κ2) is 6.36. The van der Waals surface area contributed by atoms with Gasteiger partial charge in [-0.15, -0.1) is 0 Å². The summed E-state index contributed by atoms with van der Waals surface area (Å²) in [4.78, 5) is 2.83. The van der Waals surface area contributed by atoms with Crippen LogP contribution in [0.3, 0.4) is 0 Å². The molecular formula is C15H28N2O. The molecule has 3 aliphatic rings. The molecule has 2 atom stereocenters. The van der Waals surface area contributed by atoms with E-state index in [1.807, 2.05) is 0 Å². The average Bonchev–Trinajstić information content (AvgIpc) is 3.24. The molecule has 0 aromatic rings. The number of rotatable bonds is 4. The zero-order valence-electron chi connectivity index (χ0n) is 11.6. The standard InChI is InChI=1S/C15H28N2O/c1-2-9-16-13(4-1)12-17(15-6-7-15)14-5-3-10-18-11-8-14/h13-16H,1-12H2. The molecule has 3 fully saturated rings. The maximum absolute atomic E-state index is 5.62. The highest BCUT2D eigenvalue weighted by Gasteiger charge is 2.35. The molecule has 2 saturated heterocycles. The van der Waals surface area contributed by atoms with Crippen molar-refractivity contribution in [1.82, 2.24) is 10.2 Å². The van der Waals surface area contributed by atoms with Gasteiger partial charge in [-0.05, 0) is 51.5 Å². The first kappa shape index (κ1) is 12.9. The highest BCUT2D eigenvalue weighted by Crippen LogP contribution is 2.32. The molecule has 0 aromatic carbocycles. The van der Waals surface area contributed by atoms with Crippen molar-refractivity contribution in [3.8, 4) is 0 Å². The van der Waals surface area contributed by atoms with E-state index in [1.165, 1.54) is 64.5 Å². The van der Waals surface area contributed by atoms with Gasteiger partial charge in [-0.2, -0.15) is 0 Å². The molecule has 3 rings (SSSR count). The highest BCUT2D eigenvalue weighted by atomic mass is 16.5. The molecule has 3 nitrogen and oxygen atoms in total. The van der Waals surface area contributed by atoms with Crippen LogP contribution in [-0.2, 0) is 4.74 Å². The predicted octanol–water partition coefficient (Wildman–Crippen LogP) is 2.16. The normalized spacial score (nSPS) is 34.5. The summed E-state index contributed by atoms with van der Waals surface area (Å²) < 4.78 is 5.62. The van der Waals surface area contributed by atoms with Gasteiger partial charge in [0.25, 0.3) is 0 Å². The smallest absolute Gasteiger partial charge is 0.0480 e. The number of nitrogens with zero attached hydrogens (tertiary/aromatic N) is 1. The first-order valence-electron chi connectivity index (χ1n) is 8.00. The van der Waals surface area contributed by atoms with E-state index >= 15 is 0 Å². The molecule has 18 heavy (non-hydrogen) atoms. The number of hydrogen-bond donors (Lipinski definition) is 1. The zero-order valence-corrected chi connectivity index (χ0v) is 11.6. The van der Waals surface area contributed by atoms with Crippen LogP contribution in [0.5, 0.6) is 0 Å². The number of nitrogens with one attached hydrogen (secondary N) is 1. The monoisotopic (exact) mass is 252 g/mol. The predicted molar refractivity (Wildman–Crippen MR) is 73.8 cm³/mol. The van der Waals surface area contributed by atoms with Gasteiger partial charge in [0, 0.05) is 37.9 Å². The van der Waals surface area contributed by atoms with Crippen molar-refractivity contribution >= 4 is 0 Å². The van der Waals surface area contributed by atoms with Gasteiger partial charge in [-0.25, -0.2) is 0 Å². The summed E-state index contributed by atoms with van der Waals surface area (Å²) in [6, 6.07) is 2.45. The third-order valence-corrected chi connectivity index (χ3v) is 4.75. The lowest BCUT2D eigenvalue weighted by atomic mass is 10.0. The van der Waals surface area contributed by atoms with Gasteiger partial charge in [0.05, 0.1) is 0 Å². The van der Waals surface area contributed by atoms with Gasteiger partial charge in [0.15, 0.2) is 0 Å². The molecule has 1 aliphatic carbocycles. The van der Waals surface area contributed by atoms with Gasteiger partial charge in [0.2, 0.25) is 0 Å². The van der Waals surface area contributed by atoms with Crippen LogP contribution in [-0.4, -0.2) is 49.3 Å². The van der Waals surface area contributed by atoms with Crippen molar-refractivity contribution in [1.29, 1.82) is 0 Å². The molecule has 104 valence electrons. The third-order valence-electron chi connectivity index (χ3n) is 4.75. The summed E-state index contributed by atoms with van der Waals surface area (Å²) in [6.45, 7) is 4.48. The fourth-order valence-electron chi connectivity index (χ4n) is 3.56. The Morgan fingerprint density at radius 1 is 0.889 bits per heavy atom. The Morgan fingerprint density at radius 3 is 2.56 bits per heavy atom. The number of hydrogen-bond acceptors (Lipinski definition) is 3. The number of piperidine rings is 1. The topological polar surface area (TPSA) is 24.5 Å². The summed E-state index contributed by atoms with van der Waals surface area (Å²) in [5.74, 6) is 0. The Labute approximate surface area is 111 Å². The summed E-state index contributed by atoms with van der Waals surface area (Å²) in [7, 11) is 0. The van der Waals surface area contributed by atoms with E-state index in [1.54, 1.807) is 0 Å². The van der Waals surface area contributed by atoms with E-state index in [0.29, 0.717) is 0 Å². The molecule has 2 unspecified atom stereocenters. The van der Waals surface area contributed by atoms with E-state index in [9.17, 15) is 0 Å². The van der Waals surface area contributed by atoms with Gasteiger partial charge in [-0.3, -0.25) is 4.90 Å². The fraction of sp³-hybridized carbons (Fsp3) is 1.00. The van der Waals surface area contributed by atoms with Crippen LogP contribution in [0.4, 0.5) is 0 Å². The number of ether oxygens (including phenoxy) is 1. The summed E-state index contributed by atoms with van der Waals surface area (Å²) >= 11 is 0. The minimum atomic E-state index is 0.753. The fourth-order valence-corrected chi connectivity index (χ4v) is 3.56. The molecule has 0 aromatic heterocycles. The van der Waals surface area contributed by atoms with Crippen LogP contribution in [0, 0.1) is 0 Å². The summed E-state index contributed by atoms with van der Waals surface area (Å²) in [5.41, 5.74) is 0. The van der Waals surface area contributed by atoms with Crippen LogP contribution in [0.2, 0.25) is 0 Å². The second-order valence-corrected chi connectivity index (χ2v) is 6.27. The van der Waals surface area contributed by atoms with Crippen molar-refractivity contribution in [3.05, 3.63) is 0 Å². The first-order chi connectivity index (χ1) is 8.93. The molecule has 1 saturated carbocycles. The first-order valence-corrected chi connectivity index (χ1v) is 8.00. The highest BCUT2D eigenvalue weighted by molar-refractivity contribution is 4.92. The van der Waals surface area contributed by atoms with E-state index in [0.717, 1.165) is 31.3 Å². The molecule has 0 radical (unpaired) electrons. The molecule has 0 bridgehead atoms. The Hall–Kier alpha value is -0.120. The van der Waals surface area contributed by atoms with Gasteiger partial charge in [0.1, 0.15) is 0 Å². The quantitative estimate of drug-likeness (QED) is 0.830. The molecule has 2 heterocycles. The Balaban J connectivity index is 1.56. The van der Waals surface area contributed by atoms with E-state index in [4.69, 9.17) is 4.74 Å². The molecule has 0 spiro atoms. The average molecular weight is 252 g/mol. The van der Waals surface area contributed by atoms with E-state index in [2.05, 4.69) is 10.2 Å². The SMILES string of the molecule is C1CCC(CN(C2CCCOCC2)C2CC2)NC1. The van der Waals surface area contributed by atoms with Crippen molar-refractivity contribution < 1.29 is 4.74 Å². The lowest BCUT2D eigenvalue weighted by Gasteiger charge is -2.35. The van der Waals surface area contributed by atoms with Crippen molar-refractivity contribution in [2.24, 2.45) is 0 Å².